The van der Waals surface area contributed by atoms with Crippen molar-refractivity contribution in [3.8, 4) is 11.5 Å². The average Bonchev–Trinajstić information content (AvgIpc) is 2.99. The number of hydrogen-bond donors (Lipinski definition) is 1. The van der Waals surface area contributed by atoms with E-state index in [1.807, 2.05) is 4.57 Å². The van der Waals surface area contributed by atoms with Gasteiger partial charge in [-0.3, -0.25) is 4.79 Å². The Labute approximate surface area is 144 Å². The molecule has 0 spiro atoms. The van der Waals surface area contributed by atoms with Crippen LogP contribution in [0.2, 0.25) is 5.02 Å². The van der Waals surface area contributed by atoms with E-state index in [-0.39, 0.29) is 12.5 Å². The van der Waals surface area contributed by atoms with Gasteiger partial charge in [0.05, 0.1) is 22.7 Å². The molecule has 0 atom stereocenters. The van der Waals surface area contributed by atoms with E-state index in [4.69, 9.17) is 21.1 Å². The molecule has 4 rings (SSSR count). The molecule has 0 radical (unpaired) electrons. The van der Waals surface area contributed by atoms with Gasteiger partial charge in [-0.15, -0.1) is 0 Å². The van der Waals surface area contributed by atoms with E-state index in [0.29, 0.717) is 35.4 Å². The van der Waals surface area contributed by atoms with E-state index in [2.05, 4.69) is 10.3 Å². The fourth-order valence-electron chi connectivity index (χ4n) is 3.17. The number of fused-ring (bicyclic) bond motifs is 2. The topological polar surface area (TPSA) is 65.4 Å². The molecule has 1 aromatic heterocycles. The first-order valence-electron chi connectivity index (χ1n) is 8.12. The Morgan fingerprint density at radius 3 is 2.79 bits per heavy atom. The molecule has 0 saturated carbocycles. The summed E-state index contributed by atoms with van der Waals surface area (Å²) in [5.74, 6) is 1.06. The number of halogens is 1. The van der Waals surface area contributed by atoms with Gasteiger partial charge in [0.1, 0.15) is 19.8 Å². The van der Waals surface area contributed by atoms with E-state index >= 15 is 0 Å². The lowest BCUT2D eigenvalue weighted by molar-refractivity contribution is -0.116. The number of rotatable bonds is 3. The second-order valence-corrected chi connectivity index (χ2v) is 6.40. The van der Waals surface area contributed by atoms with Crippen molar-refractivity contribution in [1.82, 2.24) is 9.55 Å². The number of benzene rings is 1. The standard InChI is InChI=1S/C17H18ClN3O3/c18-11-7-15-16(24-6-5-23-15)8-13(11)20-17(22)9-21-10-19-12-3-1-2-4-14(12)21/h7-8,10H,1-6,9H2,(H,20,22). The van der Waals surface area contributed by atoms with Crippen molar-refractivity contribution >= 4 is 23.2 Å². The summed E-state index contributed by atoms with van der Waals surface area (Å²) in [4.78, 5) is 16.8. The summed E-state index contributed by atoms with van der Waals surface area (Å²) in [5, 5.41) is 3.28. The number of anilines is 1. The monoisotopic (exact) mass is 347 g/mol. The zero-order chi connectivity index (χ0) is 16.5. The Bertz CT molecular complexity index is 788. The summed E-state index contributed by atoms with van der Waals surface area (Å²) in [6, 6.07) is 3.38. The van der Waals surface area contributed by atoms with Crippen molar-refractivity contribution in [3.63, 3.8) is 0 Å². The third-order valence-corrected chi connectivity index (χ3v) is 4.64. The first kappa shape index (κ1) is 15.3. The third kappa shape index (κ3) is 2.94. The smallest absolute Gasteiger partial charge is 0.244 e. The maximum Gasteiger partial charge on any atom is 0.244 e. The highest BCUT2D eigenvalue weighted by molar-refractivity contribution is 6.34. The summed E-state index contributed by atoms with van der Waals surface area (Å²) < 4.78 is 12.9. The van der Waals surface area contributed by atoms with Crippen LogP contribution in [0, 0.1) is 0 Å². The van der Waals surface area contributed by atoms with Crippen molar-refractivity contribution < 1.29 is 14.3 Å². The molecule has 0 bridgehead atoms. The molecule has 0 unspecified atom stereocenters. The second kappa shape index (κ2) is 6.36. The van der Waals surface area contributed by atoms with E-state index in [1.54, 1.807) is 18.5 Å². The number of carbonyl (C=O) groups excluding carboxylic acids is 1. The predicted octanol–water partition coefficient (Wildman–Crippen LogP) is 2.83. The molecule has 1 aliphatic carbocycles. The number of ether oxygens (including phenoxy) is 2. The van der Waals surface area contributed by atoms with E-state index in [9.17, 15) is 4.79 Å². The molecule has 2 aliphatic rings. The van der Waals surface area contributed by atoms with Gasteiger partial charge in [0.2, 0.25) is 5.91 Å². The summed E-state index contributed by atoms with van der Waals surface area (Å²) in [7, 11) is 0. The summed E-state index contributed by atoms with van der Waals surface area (Å²) in [5.41, 5.74) is 2.82. The summed E-state index contributed by atoms with van der Waals surface area (Å²) in [6.07, 6.45) is 6.05. The molecule has 126 valence electrons. The van der Waals surface area contributed by atoms with Crippen LogP contribution < -0.4 is 14.8 Å². The highest BCUT2D eigenvalue weighted by Crippen LogP contribution is 2.38. The molecular weight excluding hydrogens is 330 g/mol. The van der Waals surface area contributed by atoms with Crippen LogP contribution in [-0.4, -0.2) is 28.7 Å². The zero-order valence-corrected chi connectivity index (χ0v) is 13.9. The van der Waals surface area contributed by atoms with E-state index in [1.165, 1.54) is 12.1 Å². The maximum absolute atomic E-state index is 12.4. The van der Waals surface area contributed by atoms with Crippen molar-refractivity contribution in [3.05, 3.63) is 34.9 Å². The molecule has 6 nitrogen and oxygen atoms in total. The minimum absolute atomic E-state index is 0.139. The molecular formula is C17H18ClN3O3. The van der Waals surface area contributed by atoms with Gasteiger partial charge in [0.15, 0.2) is 11.5 Å². The van der Waals surface area contributed by atoms with Crippen LogP contribution in [0.3, 0.4) is 0 Å². The molecule has 1 N–H and O–H groups in total. The molecule has 7 heteroatoms. The van der Waals surface area contributed by atoms with Gasteiger partial charge in [-0.2, -0.15) is 0 Å². The average molecular weight is 348 g/mol. The largest absolute Gasteiger partial charge is 0.486 e. The first-order chi connectivity index (χ1) is 11.7. The number of nitrogens with zero attached hydrogens (tertiary/aromatic N) is 2. The molecule has 0 fully saturated rings. The number of amides is 1. The molecule has 24 heavy (non-hydrogen) atoms. The third-order valence-electron chi connectivity index (χ3n) is 4.33. The van der Waals surface area contributed by atoms with Gasteiger partial charge in [0, 0.05) is 17.8 Å². The highest BCUT2D eigenvalue weighted by Gasteiger charge is 2.19. The highest BCUT2D eigenvalue weighted by atomic mass is 35.5. The van der Waals surface area contributed by atoms with Gasteiger partial charge < -0.3 is 19.4 Å². The number of nitrogens with one attached hydrogen (secondary N) is 1. The Hall–Kier alpha value is -2.21. The minimum Gasteiger partial charge on any atom is -0.486 e. The number of hydrogen-bond acceptors (Lipinski definition) is 4. The number of imidazole rings is 1. The van der Waals surface area contributed by atoms with E-state index < -0.39 is 0 Å². The van der Waals surface area contributed by atoms with Crippen molar-refractivity contribution in [2.24, 2.45) is 0 Å². The SMILES string of the molecule is O=C(Cn1cnc2c1CCCC2)Nc1cc2c(cc1Cl)OCCO2. The van der Waals surface area contributed by atoms with Crippen LogP contribution >= 0.6 is 11.6 Å². The predicted molar refractivity (Wildman–Crippen MR) is 89.9 cm³/mol. The van der Waals surface area contributed by atoms with Crippen LogP contribution in [0.4, 0.5) is 5.69 Å². The van der Waals surface area contributed by atoms with Crippen LogP contribution in [-0.2, 0) is 24.2 Å². The van der Waals surface area contributed by atoms with Crippen LogP contribution in [0.15, 0.2) is 18.5 Å². The fourth-order valence-corrected chi connectivity index (χ4v) is 3.37. The molecule has 1 aromatic carbocycles. The number of aryl methyl sites for hydroxylation is 1. The molecule has 2 aromatic rings. The van der Waals surface area contributed by atoms with Gasteiger partial charge in [-0.05, 0) is 25.7 Å². The molecule has 2 heterocycles. The normalized spacial score (nSPS) is 15.7. The Balaban J connectivity index is 1.49. The lowest BCUT2D eigenvalue weighted by Crippen LogP contribution is -2.21. The van der Waals surface area contributed by atoms with Crippen LogP contribution in [0.5, 0.6) is 11.5 Å². The summed E-state index contributed by atoms with van der Waals surface area (Å²) in [6.45, 7) is 1.22. The Kier molecular flexibility index (Phi) is 4.06. The minimum atomic E-state index is -0.139. The zero-order valence-electron chi connectivity index (χ0n) is 13.2. The van der Waals surface area contributed by atoms with Gasteiger partial charge in [-0.1, -0.05) is 11.6 Å². The lowest BCUT2D eigenvalue weighted by Gasteiger charge is -2.20. The van der Waals surface area contributed by atoms with E-state index in [0.717, 1.165) is 25.0 Å². The van der Waals surface area contributed by atoms with Gasteiger partial charge >= 0.3 is 0 Å². The van der Waals surface area contributed by atoms with Gasteiger partial charge in [0.25, 0.3) is 0 Å². The number of aromatic nitrogens is 2. The molecule has 0 saturated heterocycles. The molecule has 1 amide bonds. The van der Waals surface area contributed by atoms with Crippen molar-refractivity contribution in [2.45, 2.75) is 32.2 Å². The number of carbonyl (C=O) groups is 1. The van der Waals surface area contributed by atoms with Crippen LogP contribution in [0.1, 0.15) is 24.2 Å². The van der Waals surface area contributed by atoms with Crippen molar-refractivity contribution in [2.75, 3.05) is 18.5 Å². The Morgan fingerprint density at radius 1 is 1.21 bits per heavy atom. The second-order valence-electron chi connectivity index (χ2n) is 6.00. The Morgan fingerprint density at radius 2 is 1.96 bits per heavy atom. The summed E-state index contributed by atoms with van der Waals surface area (Å²) >= 11 is 6.23. The first-order valence-corrected chi connectivity index (χ1v) is 8.50. The molecule has 1 aliphatic heterocycles. The lowest BCUT2D eigenvalue weighted by atomic mass is 10.0. The van der Waals surface area contributed by atoms with Crippen molar-refractivity contribution in [1.29, 1.82) is 0 Å². The van der Waals surface area contributed by atoms with Crippen LogP contribution in [0.25, 0.3) is 0 Å². The fraction of sp³-hybridized carbons (Fsp3) is 0.412. The maximum atomic E-state index is 12.4. The van der Waals surface area contributed by atoms with Gasteiger partial charge in [-0.25, -0.2) is 4.98 Å². The quantitative estimate of drug-likeness (QED) is 0.927.